The van der Waals surface area contributed by atoms with E-state index in [1.54, 1.807) is 13.4 Å². The number of anilines is 1. The molecule has 1 atom stereocenters. The topological polar surface area (TPSA) is 47.0 Å². The zero-order chi connectivity index (χ0) is 16.9. The first-order valence-electron chi connectivity index (χ1n) is 7.96. The van der Waals surface area contributed by atoms with Gasteiger partial charge in [0.15, 0.2) is 0 Å². The maximum atomic E-state index is 5.40. The van der Waals surface area contributed by atoms with E-state index in [0.717, 1.165) is 28.4 Å². The summed E-state index contributed by atoms with van der Waals surface area (Å²) < 4.78 is 5.40. The Kier molecular flexibility index (Phi) is 4.75. The molecule has 4 nitrogen and oxygen atoms in total. The van der Waals surface area contributed by atoms with E-state index < -0.39 is 0 Å². The molecule has 0 aliphatic rings. The molecule has 3 rings (SSSR count). The van der Waals surface area contributed by atoms with Gasteiger partial charge in [-0.2, -0.15) is 0 Å². The molecule has 0 unspecified atom stereocenters. The quantitative estimate of drug-likeness (QED) is 0.744. The standard InChI is InChI=1S/C20H21N3O/c1-14-9-10-17(11-19(14)24-3)18-12-20(22-13-21-18)23-15(2)16-7-5-4-6-8-16/h4-13,15H,1-3H3,(H,21,22,23)/t15-/m0/s1. The molecule has 4 heteroatoms. The number of methoxy groups -OCH3 is 1. The average molecular weight is 319 g/mol. The molecule has 0 bridgehead atoms. The first-order chi connectivity index (χ1) is 11.7. The zero-order valence-corrected chi connectivity index (χ0v) is 14.2. The Morgan fingerprint density at radius 2 is 1.79 bits per heavy atom. The molecule has 0 fully saturated rings. The summed E-state index contributed by atoms with van der Waals surface area (Å²) in [6, 6.07) is 18.5. The van der Waals surface area contributed by atoms with Crippen molar-refractivity contribution in [2.45, 2.75) is 19.9 Å². The van der Waals surface area contributed by atoms with E-state index >= 15 is 0 Å². The Balaban J connectivity index is 1.84. The fraction of sp³-hybridized carbons (Fsp3) is 0.200. The monoisotopic (exact) mass is 319 g/mol. The number of hydrogen-bond acceptors (Lipinski definition) is 4. The normalized spacial score (nSPS) is 11.8. The predicted octanol–water partition coefficient (Wildman–Crippen LogP) is 4.63. The molecule has 0 amide bonds. The van der Waals surface area contributed by atoms with Gasteiger partial charge < -0.3 is 10.1 Å². The van der Waals surface area contributed by atoms with Crippen molar-refractivity contribution in [3.63, 3.8) is 0 Å². The number of rotatable bonds is 5. The third kappa shape index (κ3) is 3.54. The van der Waals surface area contributed by atoms with E-state index in [1.165, 1.54) is 5.56 Å². The highest BCUT2D eigenvalue weighted by Gasteiger charge is 2.08. The van der Waals surface area contributed by atoms with Crippen molar-refractivity contribution in [2.75, 3.05) is 12.4 Å². The van der Waals surface area contributed by atoms with Crippen LogP contribution >= 0.6 is 0 Å². The fourth-order valence-electron chi connectivity index (χ4n) is 2.62. The number of nitrogens with zero attached hydrogens (tertiary/aromatic N) is 2. The van der Waals surface area contributed by atoms with Gasteiger partial charge in [0, 0.05) is 17.7 Å². The first kappa shape index (κ1) is 16.0. The van der Waals surface area contributed by atoms with Gasteiger partial charge >= 0.3 is 0 Å². The van der Waals surface area contributed by atoms with Gasteiger partial charge in [-0.1, -0.05) is 42.5 Å². The summed E-state index contributed by atoms with van der Waals surface area (Å²) in [7, 11) is 1.68. The maximum absolute atomic E-state index is 5.40. The van der Waals surface area contributed by atoms with Crippen molar-refractivity contribution >= 4 is 5.82 Å². The van der Waals surface area contributed by atoms with Crippen LogP contribution in [0.25, 0.3) is 11.3 Å². The summed E-state index contributed by atoms with van der Waals surface area (Å²) in [5.74, 6) is 1.66. The van der Waals surface area contributed by atoms with E-state index in [2.05, 4.69) is 34.3 Å². The molecule has 0 saturated heterocycles. The summed E-state index contributed by atoms with van der Waals surface area (Å²) in [4.78, 5) is 8.73. The van der Waals surface area contributed by atoms with Crippen molar-refractivity contribution < 1.29 is 4.74 Å². The third-order valence-electron chi connectivity index (χ3n) is 4.03. The molecule has 1 N–H and O–H groups in total. The molecule has 0 spiro atoms. The van der Waals surface area contributed by atoms with Crippen LogP contribution < -0.4 is 10.1 Å². The molecular weight excluding hydrogens is 298 g/mol. The molecule has 1 aromatic heterocycles. The van der Waals surface area contributed by atoms with Crippen LogP contribution in [0.5, 0.6) is 5.75 Å². The van der Waals surface area contributed by atoms with Crippen LogP contribution in [0.2, 0.25) is 0 Å². The van der Waals surface area contributed by atoms with Crippen molar-refractivity contribution in [3.8, 4) is 17.0 Å². The van der Waals surface area contributed by atoms with Gasteiger partial charge in [-0.3, -0.25) is 0 Å². The molecule has 0 aliphatic heterocycles. The van der Waals surface area contributed by atoms with Gasteiger partial charge in [-0.05, 0) is 31.0 Å². The van der Waals surface area contributed by atoms with Gasteiger partial charge in [-0.15, -0.1) is 0 Å². The highest BCUT2D eigenvalue weighted by molar-refractivity contribution is 5.65. The van der Waals surface area contributed by atoms with Gasteiger partial charge in [0.1, 0.15) is 17.9 Å². The number of aromatic nitrogens is 2. The smallest absolute Gasteiger partial charge is 0.130 e. The molecule has 24 heavy (non-hydrogen) atoms. The van der Waals surface area contributed by atoms with Crippen molar-refractivity contribution in [3.05, 3.63) is 72.1 Å². The van der Waals surface area contributed by atoms with Crippen LogP contribution in [0.15, 0.2) is 60.9 Å². The predicted molar refractivity (Wildman–Crippen MR) is 97.2 cm³/mol. The Hall–Kier alpha value is -2.88. The summed E-state index contributed by atoms with van der Waals surface area (Å²) in [5.41, 5.74) is 4.20. The van der Waals surface area contributed by atoms with E-state index in [4.69, 9.17) is 4.74 Å². The third-order valence-corrected chi connectivity index (χ3v) is 4.03. The molecule has 3 aromatic rings. The van der Waals surface area contributed by atoms with Gasteiger partial charge in [0.25, 0.3) is 0 Å². The van der Waals surface area contributed by atoms with Crippen LogP contribution in [0, 0.1) is 6.92 Å². The first-order valence-corrected chi connectivity index (χ1v) is 7.96. The lowest BCUT2D eigenvalue weighted by molar-refractivity contribution is 0.412. The Bertz CT molecular complexity index is 818. The van der Waals surface area contributed by atoms with Crippen LogP contribution in [0.4, 0.5) is 5.82 Å². The lowest BCUT2D eigenvalue weighted by Gasteiger charge is -2.15. The van der Waals surface area contributed by atoms with E-state index in [-0.39, 0.29) is 6.04 Å². The highest BCUT2D eigenvalue weighted by Crippen LogP contribution is 2.27. The molecule has 0 radical (unpaired) electrons. The minimum Gasteiger partial charge on any atom is -0.496 e. The number of nitrogens with one attached hydrogen (secondary N) is 1. The minimum atomic E-state index is 0.168. The number of benzene rings is 2. The summed E-state index contributed by atoms with van der Waals surface area (Å²) in [5, 5.41) is 3.43. The van der Waals surface area contributed by atoms with Crippen molar-refractivity contribution in [1.82, 2.24) is 9.97 Å². The summed E-state index contributed by atoms with van der Waals surface area (Å²) in [6.45, 7) is 4.14. The highest BCUT2D eigenvalue weighted by atomic mass is 16.5. The molecule has 2 aromatic carbocycles. The Morgan fingerprint density at radius 3 is 2.54 bits per heavy atom. The van der Waals surface area contributed by atoms with Gasteiger partial charge in [-0.25, -0.2) is 9.97 Å². The molecule has 0 aliphatic carbocycles. The van der Waals surface area contributed by atoms with Crippen LogP contribution in [-0.2, 0) is 0 Å². The molecular formula is C20H21N3O. The Morgan fingerprint density at radius 1 is 1.00 bits per heavy atom. The zero-order valence-electron chi connectivity index (χ0n) is 14.2. The second-order valence-electron chi connectivity index (χ2n) is 5.75. The van der Waals surface area contributed by atoms with E-state index in [0.29, 0.717) is 0 Å². The molecule has 122 valence electrons. The van der Waals surface area contributed by atoms with Crippen LogP contribution in [0.1, 0.15) is 24.1 Å². The number of hydrogen-bond donors (Lipinski definition) is 1. The second-order valence-corrected chi connectivity index (χ2v) is 5.75. The number of ether oxygens (including phenoxy) is 1. The minimum absolute atomic E-state index is 0.168. The van der Waals surface area contributed by atoms with Crippen LogP contribution in [0.3, 0.4) is 0 Å². The molecule has 0 saturated carbocycles. The second kappa shape index (κ2) is 7.13. The van der Waals surface area contributed by atoms with Gasteiger partial charge in [0.05, 0.1) is 12.8 Å². The lowest BCUT2D eigenvalue weighted by Crippen LogP contribution is -2.08. The summed E-state index contributed by atoms with van der Waals surface area (Å²) >= 11 is 0. The molecule has 1 heterocycles. The fourth-order valence-corrected chi connectivity index (χ4v) is 2.62. The van der Waals surface area contributed by atoms with Crippen LogP contribution in [-0.4, -0.2) is 17.1 Å². The van der Waals surface area contributed by atoms with Crippen molar-refractivity contribution in [1.29, 1.82) is 0 Å². The Labute approximate surface area is 142 Å². The largest absolute Gasteiger partial charge is 0.496 e. The number of aryl methyl sites for hydroxylation is 1. The lowest BCUT2D eigenvalue weighted by atomic mass is 10.1. The summed E-state index contributed by atoms with van der Waals surface area (Å²) in [6.07, 6.45) is 1.59. The van der Waals surface area contributed by atoms with E-state index in [1.807, 2.05) is 49.4 Å². The SMILES string of the molecule is COc1cc(-c2cc(N[C@@H](C)c3ccccc3)ncn2)ccc1C. The van der Waals surface area contributed by atoms with Gasteiger partial charge in [0.2, 0.25) is 0 Å². The van der Waals surface area contributed by atoms with Crippen molar-refractivity contribution in [2.24, 2.45) is 0 Å². The van der Waals surface area contributed by atoms with E-state index in [9.17, 15) is 0 Å². The maximum Gasteiger partial charge on any atom is 0.130 e. The average Bonchev–Trinajstić information content (AvgIpc) is 2.63.